The highest BCUT2D eigenvalue weighted by Gasteiger charge is 2.29. The highest BCUT2D eigenvalue weighted by molar-refractivity contribution is 5.97. The van der Waals surface area contributed by atoms with Crippen molar-refractivity contribution in [1.82, 2.24) is 10.2 Å². The Hall–Kier alpha value is -3.22. The van der Waals surface area contributed by atoms with Crippen molar-refractivity contribution in [2.45, 2.75) is 12.8 Å². The zero-order valence-corrected chi connectivity index (χ0v) is 15.6. The topological polar surface area (TPSA) is 78.5 Å². The van der Waals surface area contributed by atoms with Crippen LogP contribution in [0, 0.1) is 11.7 Å². The van der Waals surface area contributed by atoms with Gasteiger partial charge in [-0.3, -0.25) is 14.4 Å². The van der Waals surface area contributed by atoms with E-state index in [0.717, 1.165) is 6.42 Å². The molecule has 0 aliphatic carbocycles. The molecule has 2 aromatic carbocycles. The Morgan fingerprint density at radius 3 is 2.29 bits per heavy atom. The van der Waals surface area contributed by atoms with Crippen LogP contribution in [0.25, 0.3) is 0 Å². The molecule has 1 unspecified atom stereocenters. The van der Waals surface area contributed by atoms with Gasteiger partial charge in [-0.05, 0) is 61.4 Å². The molecule has 0 aromatic heterocycles. The average molecular weight is 383 g/mol. The number of anilines is 1. The van der Waals surface area contributed by atoms with Crippen LogP contribution in [-0.2, 0) is 4.79 Å². The normalized spacial score (nSPS) is 16.4. The fourth-order valence-corrected chi connectivity index (χ4v) is 3.24. The Balaban J connectivity index is 1.61. The van der Waals surface area contributed by atoms with Crippen LogP contribution in [0.15, 0.2) is 48.5 Å². The van der Waals surface area contributed by atoms with Crippen molar-refractivity contribution in [3.63, 3.8) is 0 Å². The Kier molecular flexibility index (Phi) is 6.03. The summed E-state index contributed by atoms with van der Waals surface area (Å²) in [6.45, 7) is 0.888. The van der Waals surface area contributed by atoms with Gasteiger partial charge < -0.3 is 15.5 Å². The van der Waals surface area contributed by atoms with Gasteiger partial charge in [0.2, 0.25) is 5.91 Å². The van der Waals surface area contributed by atoms with Crippen molar-refractivity contribution in [1.29, 1.82) is 0 Å². The maximum atomic E-state index is 13.1. The smallest absolute Gasteiger partial charge is 0.253 e. The first-order valence-corrected chi connectivity index (χ1v) is 9.16. The molecule has 1 fully saturated rings. The van der Waals surface area contributed by atoms with Crippen LogP contribution in [0.3, 0.4) is 0 Å². The fourth-order valence-electron chi connectivity index (χ4n) is 3.24. The van der Waals surface area contributed by atoms with Crippen molar-refractivity contribution in [2.24, 2.45) is 5.92 Å². The number of hydrogen-bond donors (Lipinski definition) is 2. The maximum absolute atomic E-state index is 13.1. The minimum atomic E-state index is -0.394. The second kappa shape index (κ2) is 8.65. The van der Waals surface area contributed by atoms with Crippen LogP contribution < -0.4 is 10.6 Å². The molecule has 3 rings (SSSR count). The van der Waals surface area contributed by atoms with Crippen LogP contribution in [-0.4, -0.2) is 42.8 Å². The van der Waals surface area contributed by atoms with E-state index in [1.165, 1.54) is 24.3 Å². The Morgan fingerprint density at radius 1 is 1.00 bits per heavy atom. The molecule has 6 nitrogen and oxygen atoms in total. The molecule has 0 saturated carbocycles. The molecule has 0 radical (unpaired) electrons. The van der Waals surface area contributed by atoms with Crippen LogP contribution >= 0.6 is 0 Å². The summed E-state index contributed by atoms with van der Waals surface area (Å²) in [5.74, 6) is -1.27. The Labute approximate surface area is 162 Å². The van der Waals surface area contributed by atoms with Gasteiger partial charge in [-0.2, -0.15) is 0 Å². The highest BCUT2D eigenvalue weighted by Crippen LogP contribution is 2.21. The molecule has 146 valence electrons. The van der Waals surface area contributed by atoms with Crippen LogP contribution in [0.5, 0.6) is 0 Å². The highest BCUT2D eigenvalue weighted by atomic mass is 19.1. The third kappa shape index (κ3) is 4.54. The first-order valence-electron chi connectivity index (χ1n) is 9.16. The number of benzene rings is 2. The molecule has 0 bridgehead atoms. The lowest BCUT2D eigenvalue weighted by Crippen LogP contribution is -2.43. The molecular weight excluding hydrogens is 361 g/mol. The van der Waals surface area contributed by atoms with Crippen molar-refractivity contribution in [3.8, 4) is 0 Å². The number of amides is 3. The summed E-state index contributed by atoms with van der Waals surface area (Å²) in [4.78, 5) is 38.4. The molecule has 7 heteroatoms. The van der Waals surface area contributed by atoms with E-state index in [0.29, 0.717) is 36.3 Å². The van der Waals surface area contributed by atoms with Crippen LogP contribution in [0.4, 0.5) is 10.1 Å². The average Bonchev–Trinajstić information content (AvgIpc) is 2.74. The van der Waals surface area contributed by atoms with Crippen LogP contribution in [0.1, 0.15) is 33.6 Å². The van der Waals surface area contributed by atoms with Gasteiger partial charge in [0, 0.05) is 37.0 Å². The predicted octanol–water partition coefficient (Wildman–Crippen LogP) is 2.68. The van der Waals surface area contributed by atoms with Crippen molar-refractivity contribution < 1.29 is 18.8 Å². The van der Waals surface area contributed by atoms with E-state index in [1.54, 1.807) is 36.2 Å². The summed E-state index contributed by atoms with van der Waals surface area (Å²) in [5.41, 5.74) is 1.51. The first kappa shape index (κ1) is 19.5. The van der Waals surface area contributed by atoms with E-state index < -0.39 is 5.82 Å². The number of nitrogens with one attached hydrogen (secondary N) is 2. The lowest BCUT2D eigenvalue weighted by Gasteiger charge is -2.32. The molecule has 1 atom stereocenters. The van der Waals surface area contributed by atoms with Crippen molar-refractivity contribution in [3.05, 3.63) is 65.5 Å². The lowest BCUT2D eigenvalue weighted by molar-refractivity contribution is -0.121. The lowest BCUT2D eigenvalue weighted by atomic mass is 9.96. The van der Waals surface area contributed by atoms with Crippen molar-refractivity contribution >= 4 is 23.4 Å². The van der Waals surface area contributed by atoms with E-state index in [1.807, 2.05) is 0 Å². The summed E-state index contributed by atoms with van der Waals surface area (Å²) >= 11 is 0. The SMILES string of the molecule is CNC(=O)c1ccc(NC(=O)C2CCCN(C(=O)c3ccc(F)cc3)C2)cc1. The molecule has 28 heavy (non-hydrogen) atoms. The summed E-state index contributed by atoms with van der Waals surface area (Å²) < 4.78 is 13.1. The molecule has 1 saturated heterocycles. The van der Waals surface area contributed by atoms with Crippen LogP contribution in [0.2, 0.25) is 0 Å². The number of hydrogen-bond acceptors (Lipinski definition) is 3. The van der Waals surface area contributed by atoms with Gasteiger partial charge in [-0.15, -0.1) is 0 Å². The minimum absolute atomic E-state index is 0.163. The second-order valence-electron chi connectivity index (χ2n) is 6.74. The summed E-state index contributed by atoms with van der Waals surface area (Å²) in [6.07, 6.45) is 1.41. The monoisotopic (exact) mass is 383 g/mol. The van der Waals surface area contributed by atoms with E-state index in [9.17, 15) is 18.8 Å². The fraction of sp³-hybridized carbons (Fsp3) is 0.286. The Morgan fingerprint density at radius 2 is 1.64 bits per heavy atom. The first-order chi connectivity index (χ1) is 13.5. The predicted molar refractivity (Wildman–Crippen MR) is 103 cm³/mol. The number of rotatable bonds is 4. The molecule has 2 aromatic rings. The molecule has 1 aliphatic heterocycles. The maximum Gasteiger partial charge on any atom is 0.253 e. The van der Waals surface area contributed by atoms with E-state index in [4.69, 9.17) is 0 Å². The van der Waals surface area contributed by atoms with Crippen molar-refractivity contribution in [2.75, 3.05) is 25.5 Å². The van der Waals surface area contributed by atoms with Gasteiger partial charge in [0.1, 0.15) is 5.82 Å². The van der Waals surface area contributed by atoms with Gasteiger partial charge >= 0.3 is 0 Å². The quantitative estimate of drug-likeness (QED) is 0.852. The summed E-state index contributed by atoms with van der Waals surface area (Å²) in [5, 5.41) is 5.38. The third-order valence-electron chi connectivity index (χ3n) is 4.81. The number of carbonyl (C=O) groups is 3. The number of piperidine rings is 1. The molecule has 0 spiro atoms. The zero-order valence-electron chi connectivity index (χ0n) is 15.6. The van der Waals surface area contributed by atoms with Gasteiger partial charge in [-0.1, -0.05) is 0 Å². The van der Waals surface area contributed by atoms with Gasteiger partial charge in [0.05, 0.1) is 5.92 Å². The van der Waals surface area contributed by atoms with Gasteiger partial charge in [0.25, 0.3) is 11.8 Å². The molecule has 1 aliphatic rings. The standard InChI is InChI=1S/C21H22FN3O3/c1-23-19(26)14-6-10-18(11-7-14)24-20(27)16-3-2-12-25(13-16)21(28)15-4-8-17(22)9-5-15/h4-11,16H,2-3,12-13H2,1H3,(H,23,26)(H,24,27). The number of carbonyl (C=O) groups excluding carboxylic acids is 3. The molecule has 1 heterocycles. The van der Waals surface area contributed by atoms with E-state index in [2.05, 4.69) is 10.6 Å². The summed E-state index contributed by atoms with van der Waals surface area (Å²) in [6, 6.07) is 12.0. The Bertz CT molecular complexity index is 865. The van der Waals surface area contributed by atoms with Gasteiger partial charge in [-0.25, -0.2) is 4.39 Å². The third-order valence-corrected chi connectivity index (χ3v) is 4.81. The second-order valence-corrected chi connectivity index (χ2v) is 6.74. The molecule has 3 amide bonds. The van der Waals surface area contributed by atoms with E-state index in [-0.39, 0.29) is 23.6 Å². The number of likely N-dealkylation sites (tertiary alicyclic amines) is 1. The zero-order chi connectivity index (χ0) is 20.1. The minimum Gasteiger partial charge on any atom is -0.355 e. The van der Waals surface area contributed by atoms with E-state index >= 15 is 0 Å². The number of nitrogens with zero attached hydrogens (tertiary/aromatic N) is 1. The number of halogens is 1. The van der Waals surface area contributed by atoms with Gasteiger partial charge in [0.15, 0.2) is 0 Å². The molecular formula is C21H22FN3O3. The largest absolute Gasteiger partial charge is 0.355 e. The summed E-state index contributed by atoms with van der Waals surface area (Å²) in [7, 11) is 1.56. The molecule has 2 N–H and O–H groups in total.